The number of aliphatic imine (C=N–C) groups is 1. The van der Waals surface area contributed by atoms with E-state index in [1.807, 2.05) is 13.8 Å². The van der Waals surface area contributed by atoms with Crippen LogP contribution in [0.15, 0.2) is 4.99 Å². The van der Waals surface area contributed by atoms with Crippen molar-refractivity contribution in [3.05, 3.63) is 0 Å². The predicted molar refractivity (Wildman–Crippen MR) is 92.9 cm³/mol. The zero-order valence-electron chi connectivity index (χ0n) is 12.9. The smallest absolute Gasteiger partial charge is 0.188 e. The molecular formula is C13H29IN4O2. The number of nitrogens with one attached hydrogen (secondary N) is 1. The van der Waals surface area contributed by atoms with E-state index in [4.69, 9.17) is 15.2 Å². The normalized spacial score (nSPS) is 17.6. The highest BCUT2D eigenvalue weighted by atomic mass is 127. The lowest BCUT2D eigenvalue weighted by atomic mass is 10.1. The molecule has 1 rings (SSSR count). The van der Waals surface area contributed by atoms with Crippen molar-refractivity contribution < 1.29 is 9.47 Å². The van der Waals surface area contributed by atoms with Gasteiger partial charge in [0.05, 0.1) is 25.4 Å². The fourth-order valence-corrected chi connectivity index (χ4v) is 1.74. The Balaban J connectivity index is 0.00000361. The van der Waals surface area contributed by atoms with Crippen molar-refractivity contribution in [2.45, 2.75) is 25.9 Å². The van der Waals surface area contributed by atoms with E-state index >= 15 is 0 Å². The van der Waals surface area contributed by atoms with E-state index in [9.17, 15) is 0 Å². The Kier molecular flexibility index (Phi) is 10.5. The second-order valence-corrected chi connectivity index (χ2v) is 5.40. The molecule has 120 valence electrons. The maximum absolute atomic E-state index is 5.80. The van der Waals surface area contributed by atoms with E-state index in [0.29, 0.717) is 12.5 Å². The second-order valence-electron chi connectivity index (χ2n) is 5.40. The Morgan fingerprint density at radius 3 is 2.65 bits per heavy atom. The zero-order valence-corrected chi connectivity index (χ0v) is 15.2. The van der Waals surface area contributed by atoms with Crippen LogP contribution in [-0.2, 0) is 9.47 Å². The fraction of sp³-hybridized carbons (Fsp3) is 0.923. The minimum Gasteiger partial charge on any atom is -0.379 e. The van der Waals surface area contributed by atoms with Crippen LogP contribution in [-0.4, -0.2) is 69.5 Å². The molecule has 0 aromatic rings. The van der Waals surface area contributed by atoms with Gasteiger partial charge in [-0.2, -0.15) is 0 Å². The molecule has 7 heteroatoms. The van der Waals surface area contributed by atoms with Crippen LogP contribution in [0.5, 0.6) is 0 Å². The van der Waals surface area contributed by atoms with Gasteiger partial charge in [0, 0.05) is 26.7 Å². The van der Waals surface area contributed by atoms with Crippen LogP contribution >= 0.6 is 24.0 Å². The van der Waals surface area contributed by atoms with Gasteiger partial charge in [0.1, 0.15) is 0 Å². The zero-order chi connectivity index (χ0) is 14.1. The molecule has 1 heterocycles. The van der Waals surface area contributed by atoms with Gasteiger partial charge in [0.2, 0.25) is 0 Å². The minimum atomic E-state index is -0.264. The lowest BCUT2D eigenvalue weighted by Gasteiger charge is -2.26. The number of hydrogen-bond acceptors (Lipinski definition) is 4. The third kappa shape index (κ3) is 8.93. The molecule has 0 spiro atoms. The number of nitrogens with two attached hydrogens (primary N) is 1. The molecule has 0 unspecified atom stereocenters. The first-order chi connectivity index (χ1) is 9.03. The van der Waals surface area contributed by atoms with Crippen molar-refractivity contribution in [3.63, 3.8) is 0 Å². The van der Waals surface area contributed by atoms with Crippen LogP contribution in [0.25, 0.3) is 0 Å². The Morgan fingerprint density at radius 2 is 2.05 bits per heavy atom. The summed E-state index contributed by atoms with van der Waals surface area (Å²) >= 11 is 0. The van der Waals surface area contributed by atoms with Gasteiger partial charge < -0.3 is 20.5 Å². The predicted octanol–water partition coefficient (Wildman–Crippen LogP) is 0.656. The van der Waals surface area contributed by atoms with Crippen LogP contribution < -0.4 is 11.1 Å². The monoisotopic (exact) mass is 400 g/mol. The molecule has 0 bridgehead atoms. The lowest BCUT2D eigenvalue weighted by molar-refractivity contribution is 0.0311. The van der Waals surface area contributed by atoms with Crippen LogP contribution in [0, 0.1) is 0 Å². The highest BCUT2D eigenvalue weighted by Gasteiger charge is 2.15. The molecule has 3 N–H and O–H groups in total. The summed E-state index contributed by atoms with van der Waals surface area (Å²) < 4.78 is 10.6. The summed E-state index contributed by atoms with van der Waals surface area (Å²) in [7, 11) is 1.68. The first-order valence-electron chi connectivity index (χ1n) is 6.92. The molecule has 0 aromatic carbocycles. The molecule has 0 amide bonds. The topological polar surface area (TPSA) is 72.1 Å². The summed E-state index contributed by atoms with van der Waals surface area (Å²) in [5.74, 6) is 0.493. The number of nitrogens with zero attached hydrogens (tertiary/aromatic N) is 2. The van der Waals surface area contributed by atoms with Crippen LogP contribution in [0.1, 0.15) is 20.3 Å². The number of guanidine groups is 1. The summed E-state index contributed by atoms with van der Waals surface area (Å²) in [5, 5.41) is 3.13. The van der Waals surface area contributed by atoms with Crippen LogP contribution in [0.3, 0.4) is 0 Å². The van der Waals surface area contributed by atoms with Crippen LogP contribution in [0.4, 0.5) is 0 Å². The Bertz CT molecular complexity index is 282. The Hall–Kier alpha value is -0.120. The molecule has 1 saturated heterocycles. The molecule has 0 atom stereocenters. The molecule has 0 saturated carbocycles. The summed E-state index contributed by atoms with van der Waals surface area (Å²) in [6.07, 6.45) is 1.06. The molecule has 20 heavy (non-hydrogen) atoms. The summed E-state index contributed by atoms with van der Waals surface area (Å²) in [4.78, 5) is 6.68. The van der Waals surface area contributed by atoms with E-state index in [0.717, 1.165) is 45.8 Å². The number of halogens is 1. The van der Waals surface area contributed by atoms with Gasteiger partial charge in [-0.05, 0) is 26.8 Å². The number of ether oxygens (including phenoxy) is 2. The van der Waals surface area contributed by atoms with Gasteiger partial charge >= 0.3 is 0 Å². The average molecular weight is 400 g/mol. The minimum absolute atomic E-state index is 0. The van der Waals surface area contributed by atoms with Gasteiger partial charge in [-0.3, -0.25) is 9.89 Å². The Morgan fingerprint density at radius 1 is 1.40 bits per heavy atom. The van der Waals surface area contributed by atoms with Crippen LogP contribution in [0.2, 0.25) is 0 Å². The molecule has 0 radical (unpaired) electrons. The lowest BCUT2D eigenvalue weighted by Crippen LogP contribution is -2.39. The SMILES string of the molecule is COC(C)(C)CN=C(N)NCCCN1CCOCC1.I. The van der Waals surface area contributed by atoms with Crippen molar-refractivity contribution in [2.24, 2.45) is 10.7 Å². The third-order valence-corrected chi connectivity index (χ3v) is 3.24. The standard InChI is InChI=1S/C13H28N4O2.HI/c1-13(2,18-3)11-16-12(14)15-5-4-6-17-7-9-19-10-8-17;/h4-11H2,1-3H3,(H3,14,15,16);1H. The summed E-state index contributed by atoms with van der Waals surface area (Å²) in [5.41, 5.74) is 5.54. The highest BCUT2D eigenvalue weighted by Crippen LogP contribution is 2.06. The quantitative estimate of drug-likeness (QED) is 0.284. The van der Waals surface area contributed by atoms with Gasteiger partial charge in [0.25, 0.3) is 0 Å². The molecule has 1 aliphatic heterocycles. The van der Waals surface area contributed by atoms with E-state index in [1.165, 1.54) is 0 Å². The van der Waals surface area contributed by atoms with Gasteiger partial charge in [-0.15, -0.1) is 24.0 Å². The van der Waals surface area contributed by atoms with E-state index in [1.54, 1.807) is 7.11 Å². The van der Waals surface area contributed by atoms with E-state index in [-0.39, 0.29) is 29.6 Å². The van der Waals surface area contributed by atoms with Gasteiger partial charge in [0.15, 0.2) is 5.96 Å². The molecule has 1 fully saturated rings. The molecule has 0 aliphatic carbocycles. The van der Waals surface area contributed by atoms with Crippen molar-refractivity contribution in [1.82, 2.24) is 10.2 Å². The average Bonchev–Trinajstić information content (AvgIpc) is 2.43. The highest BCUT2D eigenvalue weighted by molar-refractivity contribution is 14.0. The maximum Gasteiger partial charge on any atom is 0.188 e. The first-order valence-corrected chi connectivity index (χ1v) is 6.92. The maximum atomic E-state index is 5.80. The second kappa shape index (κ2) is 10.6. The molecule has 0 aromatic heterocycles. The number of methoxy groups -OCH3 is 1. The number of morpholine rings is 1. The summed E-state index contributed by atoms with van der Waals surface area (Å²) in [6.45, 7) is 10.2. The number of hydrogen-bond donors (Lipinski definition) is 2. The van der Waals surface area contributed by atoms with Gasteiger partial charge in [-0.1, -0.05) is 0 Å². The first kappa shape index (κ1) is 19.9. The fourth-order valence-electron chi connectivity index (χ4n) is 1.74. The van der Waals surface area contributed by atoms with Crippen molar-refractivity contribution in [2.75, 3.05) is 53.0 Å². The van der Waals surface area contributed by atoms with E-state index < -0.39 is 0 Å². The Labute approximate surface area is 139 Å². The van der Waals surface area contributed by atoms with Crippen molar-refractivity contribution in [3.8, 4) is 0 Å². The molecule has 6 nitrogen and oxygen atoms in total. The van der Waals surface area contributed by atoms with E-state index in [2.05, 4.69) is 15.2 Å². The largest absolute Gasteiger partial charge is 0.379 e. The summed E-state index contributed by atoms with van der Waals surface area (Å²) in [6, 6.07) is 0. The third-order valence-electron chi connectivity index (χ3n) is 3.24. The number of rotatable bonds is 7. The molecule has 1 aliphatic rings. The van der Waals surface area contributed by atoms with Crippen molar-refractivity contribution >= 4 is 29.9 Å². The van der Waals surface area contributed by atoms with Crippen molar-refractivity contribution in [1.29, 1.82) is 0 Å². The van der Waals surface area contributed by atoms with Gasteiger partial charge in [-0.25, -0.2) is 0 Å². The molecular weight excluding hydrogens is 371 g/mol.